The van der Waals surface area contributed by atoms with E-state index in [-0.39, 0.29) is 0 Å². The molecule has 0 amide bonds. The monoisotopic (exact) mass is 251 g/mol. The Morgan fingerprint density at radius 2 is 1.88 bits per heavy atom. The van der Waals surface area contributed by atoms with Crippen LogP contribution < -0.4 is 4.74 Å². The van der Waals surface area contributed by atoms with E-state index in [1.807, 2.05) is 24.1 Å². The second kappa shape index (κ2) is 6.31. The van der Waals surface area contributed by atoms with Crippen molar-refractivity contribution in [1.82, 2.24) is 4.31 Å². The molecule has 0 N–H and O–H groups in total. The summed E-state index contributed by atoms with van der Waals surface area (Å²) in [5.41, 5.74) is 0. The maximum atomic E-state index is 5.16. The van der Waals surface area contributed by atoms with E-state index < -0.39 is 0 Å². The van der Waals surface area contributed by atoms with E-state index in [0.717, 1.165) is 11.7 Å². The van der Waals surface area contributed by atoms with Gasteiger partial charge in [-0.05, 0) is 62.0 Å². The molecule has 0 aliphatic heterocycles. The molecule has 1 saturated carbocycles. The molecule has 0 aromatic heterocycles. The van der Waals surface area contributed by atoms with E-state index in [4.69, 9.17) is 4.74 Å². The largest absolute Gasteiger partial charge is 0.497 e. The van der Waals surface area contributed by atoms with Gasteiger partial charge in [-0.15, -0.1) is 0 Å². The van der Waals surface area contributed by atoms with Crippen LogP contribution in [-0.2, 0) is 0 Å². The van der Waals surface area contributed by atoms with E-state index in [2.05, 4.69) is 23.5 Å². The molecule has 1 aromatic carbocycles. The van der Waals surface area contributed by atoms with Gasteiger partial charge < -0.3 is 4.74 Å². The molecule has 17 heavy (non-hydrogen) atoms. The van der Waals surface area contributed by atoms with Gasteiger partial charge >= 0.3 is 0 Å². The van der Waals surface area contributed by atoms with Crippen molar-refractivity contribution in [3.8, 4) is 5.75 Å². The van der Waals surface area contributed by atoms with E-state index in [1.165, 1.54) is 37.1 Å². The fourth-order valence-corrected chi connectivity index (χ4v) is 3.31. The fraction of sp³-hybridized carbons (Fsp3) is 0.571. The van der Waals surface area contributed by atoms with Crippen molar-refractivity contribution in [2.45, 2.75) is 30.6 Å². The highest BCUT2D eigenvalue weighted by Gasteiger charge is 2.17. The average Bonchev–Trinajstić information content (AvgIpc) is 2.82. The van der Waals surface area contributed by atoms with Crippen LogP contribution in [0.5, 0.6) is 5.75 Å². The van der Waals surface area contributed by atoms with Crippen molar-refractivity contribution < 1.29 is 4.74 Å². The summed E-state index contributed by atoms with van der Waals surface area (Å²) in [6.07, 6.45) is 5.67. The van der Waals surface area contributed by atoms with Crippen LogP contribution in [0.1, 0.15) is 25.7 Å². The molecule has 0 saturated heterocycles. The Kier molecular flexibility index (Phi) is 4.75. The minimum Gasteiger partial charge on any atom is -0.497 e. The van der Waals surface area contributed by atoms with Crippen molar-refractivity contribution in [3.05, 3.63) is 24.3 Å². The highest BCUT2D eigenvalue weighted by molar-refractivity contribution is 7.97. The molecule has 94 valence electrons. The molecule has 1 aliphatic rings. The SMILES string of the molecule is COc1ccc(SN(C)CC2CCCC2)cc1. The lowest BCUT2D eigenvalue weighted by atomic mass is 10.1. The third-order valence-corrected chi connectivity index (χ3v) is 4.25. The van der Waals surface area contributed by atoms with Crippen LogP contribution in [0.3, 0.4) is 0 Å². The number of nitrogens with zero attached hydrogens (tertiary/aromatic N) is 1. The Morgan fingerprint density at radius 3 is 2.47 bits per heavy atom. The maximum absolute atomic E-state index is 5.16. The fourth-order valence-electron chi connectivity index (χ4n) is 2.41. The molecular weight excluding hydrogens is 230 g/mol. The minimum absolute atomic E-state index is 0.908. The number of hydrogen-bond acceptors (Lipinski definition) is 3. The molecule has 0 heterocycles. The summed E-state index contributed by atoms with van der Waals surface area (Å²) in [6, 6.07) is 8.28. The van der Waals surface area contributed by atoms with Gasteiger partial charge in [0.05, 0.1) is 7.11 Å². The van der Waals surface area contributed by atoms with Crippen molar-refractivity contribution in [2.75, 3.05) is 20.7 Å². The summed E-state index contributed by atoms with van der Waals surface area (Å²) < 4.78 is 7.52. The Labute approximate surface area is 108 Å². The molecule has 0 bridgehead atoms. The Balaban J connectivity index is 1.81. The van der Waals surface area contributed by atoms with Gasteiger partial charge in [0.25, 0.3) is 0 Å². The first-order chi connectivity index (χ1) is 8.28. The summed E-state index contributed by atoms with van der Waals surface area (Å²) in [4.78, 5) is 1.28. The van der Waals surface area contributed by atoms with Gasteiger partial charge in [-0.3, -0.25) is 0 Å². The normalized spacial score (nSPS) is 16.6. The molecule has 1 fully saturated rings. The zero-order valence-corrected chi connectivity index (χ0v) is 11.5. The predicted octanol–water partition coefficient (Wildman–Crippen LogP) is 3.82. The van der Waals surface area contributed by atoms with E-state index in [9.17, 15) is 0 Å². The number of rotatable bonds is 5. The lowest BCUT2D eigenvalue weighted by Crippen LogP contribution is -2.17. The Morgan fingerprint density at radius 1 is 1.24 bits per heavy atom. The zero-order valence-electron chi connectivity index (χ0n) is 10.7. The molecule has 0 radical (unpaired) electrons. The summed E-state index contributed by atoms with van der Waals surface area (Å²) in [5.74, 6) is 1.83. The van der Waals surface area contributed by atoms with Crippen molar-refractivity contribution in [1.29, 1.82) is 0 Å². The second-order valence-corrected chi connectivity index (χ2v) is 6.01. The minimum atomic E-state index is 0.908. The topological polar surface area (TPSA) is 12.5 Å². The van der Waals surface area contributed by atoms with Gasteiger partial charge in [0.1, 0.15) is 5.75 Å². The molecule has 1 aliphatic carbocycles. The van der Waals surface area contributed by atoms with Crippen LogP contribution in [0.25, 0.3) is 0 Å². The number of ether oxygens (including phenoxy) is 1. The number of hydrogen-bond donors (Lipinski definition) is 0. The van der Waals surface area contributed by atoms with Gasteiger partial charge in [-0.1, -0.05) is 12.8 Å². The van der Waals surface area contributed by atoms with Gasteiger partial charge in [0.15, 0.2) is 0 Å². The van der Waals surface area contributed by atoms with E-state index >= 15 is 0 Å². The highest BCUT2D eigenvalue weighted by Crippen LogP contribution is 2.29. The van der Waals surface area contributed by atoms with Gasteiger partial charge in [0, 0.05) is 11.4 Å². The van der Waals surface area contributed by atoms with Crippen LogP contribution in [0, 0.1) is 5.92 Å². The Hall–Kier alpha value is -0.670. The first kappa shape index (κ1) is 12.8. The number of methoxy groups -OCH3 is 1. The second-order valence-electron chi connectivity index (χ2n) is 4.73. The van der Waals surface area contributed by atoms with E-state index in [1.54, 1.807) is 7.11 Å². The summed E-state index contributed by atoms with van der Waals surface area (Å²) in [5, 5.41) is 0. The van der Waals surface area contributed by atoms with Crippen LogP contribution in [0.15, 0.2) is 29.2 Å². The third kappa shape index (κ3) is 3.93. The predicted molar refractivity (Wildman–Crippen MR) is 73.4 cm³/mol. The number of benzene rings is 1. The molecule has 0 atom stereocenters. The molecule has 3 heteroatoms. The molecule has 2 rings (SSSR count). The van der Waals surface area contributed by atoms with Crippen molar-refractivity contribution in [3.63, 3.8) is 0 Å². The quantitative estimate of drug-likeness (QED) is 0.738. The smallest absolute Gasteiger partial charge is 0.118 e. The zero-order chi connectivity index (χ0) is 12.1. The van der Waals surface area contributed by atoms with Gasteiger partial charge in [0.2, 0.25) is 0 Å². The average molecular weight is 251 g/mol. The van der Waals surface area contributed by atoms with Crippen LogP contribution in [0.2, 0.25) is 0 Å². The van der Waals surface area contributed by atoms with Crippen LogP contribution >= 0.6 is 11.9 Å². The van der Waals surface area contributed by atoms with Crippen molar-refractivity contribution >= 4 is 11.9 Å². The summed E-state index contributed by atoms with van der Waals surface area (Å²) in [7, 11) is 3.89. The third-order valence-electron chi connectivity index (χ3n) is 3.31. The highest BCUT2D eigenvalue weighted by atomic mass is 32.2. The molecule has 2 nitrogen and oxygen atoms in total. The van der Waals surface area contributed by atoms with Crippen LogP contribution in [-0.4, -0.2) is 25.0 Å². The lowest BCUT2D eigenvalue weighted by molar-refractivity contribution is 0.414. The molecule has 1 aromatic rings. The van der Waals surface area contributed by atoms with Crippen molar-refractivity contribution in [2.24, 2.45) is 5.92 Å². The lowest BCUT2D eigenvalue weighted by Gasteiger charge is -2.19. The maximum Gasteiger partial charge on any atom is 0.118 e. The van der Waals surface area contributed by atoms with E-state index in [0.29, 0.717) is 0 Å². The molecular formula is C14H21NOS. The first-order valence-electron chi connectivity index (χ1n) is 6.31. The first-order valence-corrected chi connectivity index (χ1v) is 7.08. The van der Waals surface area contributed by atoms with Crippen LogP contribution in [0.4, 0.5) is 0 Å². The standard InChI is InChI=1S/C14H21NOS/c1-15(11-12-5-3-4-6-12)17-14-9-7-13(16-2)8-10-14/h7-10,12H,3-6,11H2,1-2H3. The summed E-state index contributed by atoms with van der Waals surface area (Å²) >= 11 is 1.83. The Bertz CT molecular complexity index is 333. The van der Waals surface area contributed by atoms with Gasteiger partial charge in [-0.2, -0.15) is 0 Å². The molecule has 0 spiro atoms. The van der Waals surface area contributed by atoms with Gasteiger partial charge in [-0.25, -0.2) is 4.31 Å². The summed E-state index contributed by atoms with van der Waals surface area (Å²) in [6.45, 7) is 1.21. The molecule has 0 unspecified atom stereocenters.